The molecule has 0 radical (unpaired) electrons. The van der Waals surface area contributed by atoms with Crippen molar-refractivity contribution in [3.63, 3.8) is 0 Å². The molecular weight excluding hydrogens is 268 g/mol. The van der Waals surface area contributed by atoms with Crippen LogP contribution in [0.4, 0.5) is 0 Å². The second kappa shape index (κ2) is 5.23. The fourth-order valence-corrected chi connectivity index (χ4v) is 2.29. The number of carbonyl (C=O) groups excluding carboxylic acids is 1. The minimum atomic E-state index is -0.319. The smallest absolute Gasteiger partial charge is 0.264 e. The number of ether oxygens (including phenoxy) is 2. The molecule has 0 aliphatic carbocycles. The van der Waals surface area contributed by atoms with Gasteiger partial charge >= 0.3 is 0 Å². The maximum absolute atomic E-state index is 11.5. The lowest BCUT2D eigenvalue weighted by Gasteiger charge is -2.09. The third kappa shape index (κ3) is 2.65. The number of hydrogen-bond donors (Lipinski definition) is 3. The Hall–Kier alpha value is -2.15. The van der Waals surface area contributed by atoms with E-state index >= 15 is 0 Å². The highest BCUT2D eigenvalue weighted by Crippen LogP contribution is 2.38. The molecule has 0 unspecified atom stereocenters. The summed E-state index contributed by atoms with van der Waals surface area (Å²) in [4.78, 5) is 11.9. The van der Waals surface area contributed by atoms with Gasteiger partial charge in [0.25, 0.3) is 5.91 Å². The second-order valence-corrected chi connectivity index (χ2v) is 4.72. The van der Waals surface area contributed by atoms with Crippen LogP contribution >= 0.6 is 11.8 Å². The lowest BCUT2D eigenvalue weighted by Crippen LogP contribution is -2.18. The van der Waals surface area contributed by atoms with Crippen LogP contribution in [0.3, 0.4) is 0 Å². The van der Waals surface area contributed by atoms with Crippen molar-refractivity contribution in [2.45, 2.75) is 0 Å². The van der Waals surface area contributed by atoms with Crippen molar-refractivity contribution >= 4 is 28.9 Å². The van der Waals surface area contributed by atoms with Crippen LogP contribution in [0.25, 0.3) is 6.08 Å². The highest BCUT2D eigenvalue weighted by molar-refractivity contribution is 8.18. The summed E-state index contributed by atoms with van der Waals surface area (Å²) in [7, 11) is 2.86. The van der Waals surface area contributed by atoms with E-state index in [0.29, 0.717) is 10.5 Å². The van der Waals surface area contributed by atoms with Crippen molar-refractivity contribution in [1.82, 2.24) is 5.32 Å². The Kier molecular flexibility index (Phi) is 3.66. The largest absolute Gasteiger partial charge is 0.502 e. The minimum Gasteiger partial charge on any atom is -0.502 e. The number of phenols is 1. The average molecular weight is 280 g/mol. The molecule has 1 amide bonds. The minimum absolute atomic E-state index is 0.0916. The van der Waals surface area contributed by atoms with Crippen LogP contribution in [-0.2, 0) is 4.79 Å². The van der Waals surface area contributed by atoms with Crippen molar-refractivity contribution in [3.05, 3.63) is 22.6 Å². The summed E-state index contributed by atoms with van der Waals surface area (Å²) in [6, 6.07) is 3.17. The second-order valence-electron chi connectivity index (χ2n) is 3.67. The third-order valence-corrected chi connectivity index (χ3v) is 3.29. The quantitative estimate of drug-likeness (QED) is 0.731. The summed E-state index contributed by atoms with van der Waals surface area (Å²) in [6.45, 7) is 0. The van der Waals surface area contributed by atoms with Crippen LogP contribution in [0.5, 0.6) is 17.2 Å². The molecule has 0 bridgehead atoms. The Morgan fingerprint density at radius 2 is 1.89 bits per heavy atom. The zero-order chi connectivity index (χ0) is 14.0. The molecule has 6 nitrogen and oxygen atoms in total. The SMILES string of the molecule is COc1cc(/C=C2/SC(=N)NC2=O)cc(OC)c1O. The van der Waals surface area contributed by atoms with E-state index in [4.69, 9.17) is 14.9 Å². The Balaban J connectivity index is 2.43. The Labute approximate surface area is 113 Å². The maximum atomic E-state index is 11.5. The molecule has 0 saturated carbocycles. The number of amidine groups is 1. The summed E-state index contributed by atoms with van der Waals surface area (Å²) in [5.41, 5.74) is 0.638. The third-order valence-electron chi connectivity index (χ3n) is 2.46. The topological polar surface area (TPSA) is 91.6 Å². The van der Waals surface area contributed by atoms with Crippen molar-refractivity contribution in [1.29, 1.82) is 5.41 Å². The van der Waals surface area contributed by atoms with Gasteiger partial charge in [-0.05, 0) is 35.5 Å². The molecule has 0 atom stereocenters. The molecule has 7 heteroatoms. The van der Waals surface area contributed by atoms with E-state index in [1.54, 1.807) is 18.2 Å². The van der Waals surface area contributed by atoms with Crippen LogP contribution in [0.2, 0.25) is 0 Å². The van der Waals surface area contributed by atoms with Crippen LogP contribution in [-0.4, -0.2) is 30.4 Å². The first kappa shape index (κ1) is 13.3. The first-order valence-corrected chi connectivity index (χ1v) is 6.11. The monoisotopic (exact) mass is 280 g/mol. The Bertz CT molecular complexity index is 558. The Morgan fingerprint density at radius 3 is 2.32 bits per heavy atom. The molecule has 1 heterocycles. The number of nitrogens with one attached hydrogen (secondary N) is 2. The summed E-state index contributed by atoms with van der Waals surface area (Å²) in [6.07, 6.45) is 1.60. The van der Waals surface area contributed by atoms with Gasteiger partial charge in [0.1, 0.15) is 0 Å². The number of amides is 1. The predicted octanol–water partition coefficient (Wildman–Crippen LogP) is 1.55. The number of thioether (sulfide) groups is 1. The van der Waals surface area contributed by atoms with Crippen molar-refractivity contribution in [2.24, 2.45) is 0 Å². The van der Waals surface area contributed by atoms with E-state index in [9.17, 15) is 9.90 Å². The highest BCUT2D eigenvalue weighted by Gasteiger charge is 2.22. The van der Waals surface area contributed by atoms with Gasteiger partial charge in [-0.25, -0.2) is 0 Å². The summed E-state index contributed by atoms with van der Waals surface area (Å²) < 4.78 is 10.1. The lowest BCUT2D eigenvalue weighted by atomic mass is 10.1. The predicted molar refractivity (Wildman–Crippen MR) is 72.6 cm³/mol. The van der Waals surface area contributed by atoms with Gasteiger partial charge in [0.15, 0.2) is 16.7 Å². The number of phenolic OH excluding ortho intramolecular Hbond substituents is 1. The summed E-state index contributed by atoms with van der Waals surface area (Å²) >= 11 is 1.04. The van der Waals surface area contributed by atoms with E-state index in [2.05, 4.69) is 5.32 Å². The number of benzene rings is 1. The van der Waals surface area contributed by atoms with Crippen molar-refractivity contribution in [2.75, 3.05) is 14.2 Å². The first-order chi connectivity index (χ1) is 9.05. The van der Waals surface area contributed by atoms with E-state index in [0.717, 1.165) is 11.8 Å². The van der Waals surface area contributed by atoms with E-state index < -0.39 is 0 Å². The molecule has 0 aromatic heterocycles. The van der Waals surface area contributed by atoms with E-state index in [1.165, 1.54) is 14.2 Å². The summed E-state index contributed by atoms with van der Waals surface area (Å²) in [5, 5.41) is 19.6. The summed E-state index contributed by atoms with van der Waals surface area (Å²) in [5.74, 6) is 0.0961. The molecular formula is C12H12N2O4S. The highest BCUT2D eigenvalue weighted by atomic mass is 32.2. The Morgan fingerprint density at radius 1 is 1.32 bits per heavy atom. The van der Waals surface area contributed by atoms with Crippen molar-refractivity contribution < 1.29 is 19.4 Å². The molecule has 0 spiro atoms. The molecule has 19 heavy (non-hydrogen) atoms. The van der Waals surface area contributed by atoms with E-state index in [-0.39, 0.29) is 28.3 Å². The van der Waals surface area contributed by atoms with Crippen molar-refractivity contribution in [3.8, 4) is 17.2 Å². The van der Waals surface area contributed by atoms with Crippen LogP contribution < -0.4 is 14.8 Å². The van der Waals surface area contributed by atoms with Gasteiger partial charge in [0.2, 0.25) is 5.75 Å². The fourth-order valence-electron chi connectivity index (χ4n) is 1.59. The number of rotatable bonds is 3. The molecule has 3 N–H and O–H groups in total. The van der Waals surface area contributed by atoms with Gasteiger partial charge in [-0.3, -0.25) is 10.2 Å². The van der Waals surface area contributed by atoms with Gasteiger partial charge in [-0.2, -0.15) is 0 Å². The van der Waals surface area contributed by atoms with E-state index in [1.807, 2.05) is 0 Å². The number of aromatic hydroxyl groups is 1. The number of hydrogen-bond acceptors (Lipinski definition) is 6. The molecule has 100 valence electrons. The molecule has 1 aliphatic rings. The zero-order valence-corrected chi connectivity index (χ0v) is 11.1. The van der Waals surface area contributed by atoms with Gasteiger partial charge < -0.3 is 19.9 Å². The number of methoxy groups -OCH3 is 2. The van der Waals surface area contributed by atoms with Crippen LogP contribution in [0, 0.1) is 5.41 Å². The van der Waals surface area contributed by atoms with Gasteiger partial charge in [-0.15, -0.1) is 0 Å². The van der Waals surface area contributed by atoms with Gasteiger partial charge in [0.05, 0.1) is 19.1 Å². The lowest BCUT2D eigenvalue weighted by molar-refractivity contribution is -0.115. The normalized spacial score (nSPS) is 16.6. The van der Waals surface area contributed by atoms with Crippen LogP contribution in [0.15, 0.2) is 17.0 Å². The molecule has 1 fully saturated rings. The molecule has 1 aromatic rings. The number of carbonyl (C=O) groups is 1. The molecule has 1 aromatic carbocycles. The zero-order valence-electron chi connectivity index (χ0n) is 10.3. The average Bonchev–Trinajstić information content (AvgIpc) is 2.69. The molecule has 2 rings (SSSR count). The standard InChI is InChI=1S/C12H12N2O4S/c1-17-7-3-6(4-8(18-2)10(7)15)5-9-11(16)14-12(13)19-9/h3-5,15H,1-2H3,(H2,13,14,16)/b9-5+. The van der Waals surface area contributed by atoms with Crippen LogP contribution in [0.1, 0.15) is 5.56 Å². The first-order valence-electron chi connectivity index (χ1n) is 5.29. The molecule has 1 aliphatic heterocycles. The maximum Gasteiger partial charge on any atom is 0.264 e. The van der Waals surface area contributed by atoms with Gasteiger partial charge in [0, 0.05) is 0 Å². The molecule has 1 saturated heterocycles. The van der Waals surface area contributed by atoms with Gasteiger partial charge in [-0.1, -0.05) is 0 Å². The fraction of sp³-hybridized carbons (Fsp3) is 0.167.